The van der Waals surface area contributed by atoms with Crippen molar-refractivity contribution in [1.29, 1.82) is 0 Å². The van der Waals surface area contributed by atoms with Crippen molar-refractivity contribution < 1.29 is 85.3 Å². The number of methoxy groups -OCH3 is 2. The minimum Gasteiger partial charge on any atom is -0.493 e. The standard InChI is InChI=1S/C64H88N10O16.C17H14O4/c1-27(2)44-53(78)35-19-17-21-37(35)61(84)71(13)25-40(75)73(15)50(29(5)6)63(86)88-33(11)46(59(82)67-44)69-57(80)39-24-23-31(9)55-48(39)66-49-42(43(65)52(77)32(10)56(49)90-55)58(81)70-47-34(12)89-64(87)51(30(7)8)74(16)41(76)26-72(14)62(85)38-22-18-20-36(38)54(79)45(28(3)4)68-60(47)83;1-19-13-10-6-9-12-14(18)17(20-2)15(21-16(12)13)11-7-4-3-5-8-11/h23-24,27-30,33-38,44-47,50-51H,17-22,25-26,65H2,1-16H3,(H,67,82)(H,68,83)(H,69,80)(H,70,81);3-10H,1-2H3. The first kappa shape index (κ1) is 84.0. The lowest BCUT2D eigenvalue weighted by Crippen LogP contribution is -2.59. The first-order chi connectivity index (χ1) is 52.4. The van der Waals surface area contributed by atoms with Crippen LogP contribution in [0.3, 0.4) is 0 Å². The van der Waals surface area contributed by atoms with E-state index in [2.05, 4.69) is 21.3 Å². The molecular weight excluding hydrogens is 1430 g/mol. The van der Waals surface area contributed by atoms with Gasteiger partial charge in [-0.05, 0) is 101 Å². The van der Waals surface area contributed by atoms with Crippen molar-refractivity contribution in [2.75, 3.05) is 61.2 Å². The van der Waals surface area contributed by atoms with Crippen LogP contribution in [-0.4, -0.2) is 199 Å². The topological polar surface area (TPSA) is 402 Å². The molecule has 3 aromatic carbocycles. The number of rotatable bonds is 11. The summed E-state index contributed by atoms with van der Waals surface area (Å²) in [5.41, 5.74) is 4.65. The number of nitrogens with two attached hydrogens (primary N) is 1. The maximum Gasteiger partial charge on any atom is 0.329 e. The van der Waals surface area contributed by atoms with Crippen LogP contribution in [-0.2, 0) is 57.4 Å². The number of hydrogen-bond donors (Lipinski definition) is 5. The van der Waals surface area contributed by atoms with Crippen LogP contribution in [0.2, 0.25) is 0 Å². The summed E-state index contributed by atoms with van der Waals surface area (Å²) in [6, 6.07) is 8.86. The van der Waals surface area contributed by atoms with Gasteiger partial charge in [-0.15, -0.1) is 0 Å². The van der Waals surface area contributed by atoms with Gasteiger partial charge in [-0.1, -0.05) is 111 Å². The molecule has 0 bridgehead atoms. The number of aromatic nitrogens is 1. The zero-order valence-corrected chi connectivity index (χ0v) is 66.1. The Morgan fingerprint density at radius 2 is 1.03 bits per heavy atom. The number of ether oxygens (including phenoxy) is 4. The number of fused-ring (bicyclic) bond motifs is 5. The largest absolute Gasteiger partial charge is 0.493 e. The average molecular weight is 1540 g/mol. The minimum atomic E-state index is -1.86. The summed E-state index contributed by atoms with van der Waals surface area (Å²) < 4.78 is 34.8. The van der Waals surface area contributed by atoms with Crippen molar-refractivity contribution in [3.8, 4) is 34.3 Å². The number of anilines is 1. The number of likely N-dealkylation sites (N-methyl/N-ethyl adjacent to an activating group) is 4. The van der Waals surface area contributed by atoms with Crippen LogP contribution in [0.1, 0.15) is 140 Å². The molecule has 0 spiro atoms. The summed E-state index contributed by atoms with van der Waals surface area (Å²) in [7, 11) is 8.67. The summed E-state index contributed by atoms with van der Waals surface area (Å²) in [4.78, 5) is 210. The number of carbonyl (C=O) groups is 12. The van der Waals surface area contributed by atoms with Gasteiger partial charge in [-0.3, -0.25) is 57.5 Å². The van der Waals surface area contributed by atoms with Gasteiger partial charge in [0.1, 0.15) is 47.6 Å². The lowest BCUT2D eigenvalue weighted by Gasteiger charge is -2.35. The van der Waals surface area contributed by atoms with E-state index in [0.29, 0.717) is 66.6 Å². The van der Waals surface area contributed by atoms with Crippen LogP contribution in [0.5, 0.6) is 11.5 Å². The van der Waals surface area contributed by atoms with Crippen LogP contribution < -0.4 is 47.3 Å². The molecule has 10 rings (SSSR count). The summed E-state index contributed by atoms with van der Waals surface area (Å²) in [5.74, 6) is -13.8. The third-order valence-electron chi connectivity index (χ3n) is 21.7. The summed E-state index contributed by atoms with van der Waals surface area (Å²) >= 11 is 0. The number of Topliss-reactive ketones (excluding diaryl/α,β-unsaturated/α-hetero) is 2. The molecule has 0 radical (unpaired) electrons. The molecule has 6 aliphatic rings. The Labute approximate surface area is 643 Å². The Balaban J connectivity index is 0.000000574. The molecule has 12 atom stereocenters. The van der Waals surface area contributed by atoms with Gasteiger partial charge in [0, 0.05) is 63.0 Å². The highest BCUT2D eigenvalue weighted by molar-refractivity contribution is 6.11. The number of carbonyl (C=O) groups excluding carboxylic acids is 12. The second-order valence-corrected chi connectivity index (χ2v) is 30.8. The van der Waals surface area contributed by atoms with Gasteiger partial charge in [0.05, 0.1) is 61.6 Å². The van der Waals surface area contributed by atoms with Crippen molar-refractivity contribution in [2.45, 2.75) is 170 Å². The number of hydrogen-bond acceptors (Lipinski definition) is 22. The molecule has 30 heteroatoms. The van der Waals surface area contributed by atoms with E-state index >= 15 is 9.59 Å². The molecule has 6 N–H and O–H groups in total. The molecule has 4 heterocycles. The van der Waals surface area contributed by atoms with Crippen LogP contribution in [0, 0.1) is 61.2 Å². The predicted octanol–water partition coefficient (Wildman–Crippen LogP) is 6.19. The Kier molecular flexibility index (Phi) is 26.4. The fraction of sp³-hybridized carbons (Fsp3) is 0.519. The zero-order chi connectivity index (χ0) is 81.8. The smallest absolute Gasteiger partial charge is 0.329 e. The second kappa shape index (κ2) is 34.9. The summed E-state index contributed by atoms with van der Waals surface area (Å²) in [5, 5.41) is 11.2. The van der Waals surface area contributed by atoms with E-state index in [0.717, 1.165) is 15.4 Å². The summed E-state index contributed by atoms with van der Waals surface area (Å²) in [6.45, 7) is 18.3. The maximum absolute atomic E-state index is 15.2. The Morgan fingerprint density at radius 1 is 0.559 bits per heavy atom. The van der Waals surface area contributed by atoms with Gasteiger partial charge in [0.15, 0.2) is 40.0 Å². The average Bonchev–Trinajstić information content (AvgIpc) is 1.13. The number of nitrogens with zero attached hydrogens (tertiary/aromatic N) is 5. The number of para-hydroxylation sites is 1. The van der Waals surface area contributed by atoms with Gasteiger partial charge in [0.25, 0.3) is 11.8 Å². The number of ketones is 2. The number of benzene rings is 4. The van der Waals surface area contributed by atoms with Crippen LogP contribution in [0.15, 0.2) is 79.1 Å². The van der Waals surface area contributed by atoms with Gasteiger partial charge < -0.3 is 74.4 Å². The monoisotopic (exact) mass is 1530 g/mol. The molecule has 8 amide bonds. The molecule has 4 fully saturated rings. The van der Waals surface area contributed by atoms with E-state index in [1.807, 2.05) is 30.3 Å². The van der Waals surface area contributed by atoms with Gasteiger partial charge in [0.2, 0.25) is 52.1 Å². The van der Waals surface area contributed by atoms with E-state index < -0.39 is 196 Å². The van der Waals surface area contributed by atoms with Gasteiger partial charge in [-0.2, -0.15) is 0 Å². The molecular formula is C81H102N10O20. The number of cyclic esters (lactones) is 2. The van der Waals surface area contributed by atoms with Crippen molar-refractivity contribution in [2.24, 2.45) is 47.3 Å². The van der Waals surface area contributed by atoms with E-state index in [4.69, 9.17) is 38.5 Å². The highest BCUT2D eigenvalue weighted by atomic mass is 16.6. The van der Waals surface area contributed by atoms with Crippen LogP contribution in [0.4, 0.5) is 5.69 Å². The lowest BCUT2D eigenvalue weighted by molar-refractivity contribution is -0.163. The molecule has 1 aromatic heterocycles. The third-order valence-corrected chi connectivity index (χ3v) is 21.7. The number of aryl methyl sites for hydroxylation is 1. The highest BCUT2D eigenvalue weighted by Gasteiger charge is 2.48. The third kappa shape index (κ3) is 17.3. The molecule has 3 aliphatic carbocycles. The molecule has 3 aliphatic heterocycles. The maximum atomic E-state index is 15.2. The minimum absolute atomic E-state index is 0.0668. The highest BCUT2D eigenvalue weighted by Crippen LogP contribution is 2.40. The molecule has 2 saturated carbocycles. The van der Waals surface area contributed by atoms with E-state index in [-0.39, 0.29) is 44.9 Å². The number of esters is 2. The fourth-order valence-electron chi connectivity index (χ4n) is 15.5. The Bertz CT molecular complexity index is 4720. The second-order valence-electron chi connectivity index (χ2n) is 30.8. The molecule has 4 aromatic rings. The molecule has 596 valence electrons. The molecule has 30 nitrogen and oxygen atoms in total. The van der Waals surface area contributed by atoms with E-state index in [1.165, 1.54) is 78.0 Å². The zero-order valence-electron chi connectivity index (χ0n) is 66.1. The van der Waals surface area contributed by atoms with Gasteiger partial charge >= 0.3 is 11.9 Å². The predicted molar refractivity (Wildman–Crippen MR) is 409 cm³/mol. The quantitative estimate of drug-likeness (QED) is 0.0548. The number of amides is 8. The molecule has 111 heavy (non-hydrogen) atoms. The van der Waals surface area contributed by atoms with E-state index in [9.17, 15) is 57.5 Å². The first-order valence-electron chi connectivity index (χ1n) is 37.5. The molecule has 2 saturated heterocycles. The van der Waals surface area contributed by atoms with Crippen molar-refractivity contribution in [3.05, 3.63) is 103 Å². The Morgan fingerprint density at radius 3 is 1.49 bits per heavy atom. The van der Waals surface area contributed by atoms with Crippen molar-refractivity contribution in [3.63, 3.8) is 0 Å². The van der Waals surface area contributed by atoms with E-state index in [1.54, 1.807) is 87.6 Å². The lowest BCUT2D eigenvalue weighted by atomic mass is 9.83. The summed E-state index contributed by atoms with van der Waals surface area (Å²) in [6.07, 6.45) is -0.654. The fourth-order valence-corrected chi connectivity index (χ4v) is 15.5. The normalized spacial score (nSPS) is 24.6. The number of nitrogens with one attached hydrogen (secondary N) is 4. The first-order valence-corrected chi connectivity index (χ1v) is 37.5. The van der Waals surface area contributed by atoms with Crippen molar-refractivity contribution in [1.82, 2.24) is 45.9 Å². The van der Waals surface area contributed by atoms with Crippen molar-refractivity contribution >= 4 is 98.5 Å². The SMILES string of the molecule is COc1c(-c2ccccc2)oc2c(OC)cccc2c1=O.Cc1c2oc3c(C)ccc(C(=O)NC4C(=O)NC(C(C)C)C(=O)C5CCCC5C(=O)N(C)CC(=O)N(C)C(C(C)C)C(=O)OC4C)c3nc-2c(C(=O)NC2C(=O)NC(C(C)C)C(=O)C3CCCC3C(=O)N(C)CC(=O)N(C)C(C(C)C)C(=O)OC2C)c(N)c1=O. The van der Waals surface area contributed by atoms with Crippen LogP contribution >= 0.6 is 0 Å². The molecule has 12 unspecified atom stereocenters. The Hall–Kier alpha value is -11.1. The van der Waals surface area contributed by atoms with Gasteiger partial charge in [-0.25, -0.2) is 14.6 Å². The number of nitrogen functional groups attached to an aromatic ring is 1. The van der Waals surface area contributed by atoms with Crippen LogP contribution in [0.25, 0.3) is 44.8 Å².